The summed E-state index contributed by atoms with van der Waals surface area (Å²) in [5, 5.41) is 2.43. The van der Waals surface area contributed by atoms with E-state index in [0.29, 0.717) is 29.5 Å². The molecule has 0 aromatic heterocycles. The second-order valence-corrected chi connectivity index (χ2v) is 4.23. The average molecular weight is 245 g/mol. The summed E-state index contributed by atoms with van der Waals surface area (Å²) >= 11 is 0. The van der Waals surface area contributed by atoms with Gasteiger partial charge in [0.05, 0.1) is 13.2 Å². The van der Waals surface area contributed by atoms with E-state index in [1.807, 2.05) is 0 Å². The molecule has 92 valence electrons. The van der Waals surface area contributed by atoms with Crippen LogP contribution in [0.5, 0.6) is 0 Å². The van der Waals surface area contributed by atoms with Crippen LogP contribution in [0.15, 0.2) is 36.4 Å². The van der Waals surface area contributed by atoms with Crippen LogP contribution in [0, 0.1) is 5.82 Å². The van der Waals surface area contributed by atoms with Gasteiger partial charge in [-0.3, -0.25) is 9.63 Å². The van der Waals surface area contributed by atoms with Gasteiger partial charge in [0.2, 0.25) is 0 Å². The highest BCUT2D eigenvalue weighted by Crippen LogP contribution is 2.23. The number of hydrogen-bond donors (Lipinski definition) is 0. The molecule has 0 unspecified atom stereocenters. The fourth-order valence-electron chi connectivity index (χ4n) is 2.19. The third kappa shape index (κ3) is 1.75. The first-order valence-electron chi connectivity index (χ1n) is 5.89. The molecule has 2 aromatic carbocycles. The van der Waals surface area contributed by atoms with Gasteiger partial charge in [-0.25, -0.2) is 9.45 Å². The Kier molecular flexibility index (Phi) is 2.72. The van der Waals surface area contributed by atoms with Gasteiger partial charge in [-0.15, -0.1) is 0 Å². The second kappa shape index (κ2) is 4.38. The lowest BCUT2D eigenvalue weighted by molar-refractivity contribution is -0.0767. The van der Waals surface area contributed by atoms with Crippen LogP contribution in [0.25, 0.3) is 10.8 Å². The van der Waals surface area contributed by atoms with E-state index in [4.69, 9.17) is 4.84 Å². The van der Waals surface area contributed by atoms with Crippen molar-refractivity contribution >= 4 is 16.7 Å². The van der Waals surface area contributed by atoms with Gasteiger partial charge in [-0.2, -0.15) is 0 Å². The van der Waals surface area contributed by atoms with Gasteiger partial charge in [0.15, 0.2) is 0 Å². The van der Waals surface area contributed by atoms with Crippen molar-refractivity contribution in [3.8, 4) is 0 Å². The van der Waals surface area contributed by atoms with Gasteiger partial charge >= 0.3 is 0 Å². The van der Waals surface area contributed by atoms with Crippen molar-refractivity contribution in [2.75, 3.05) is 13.2 Å². The minimum Gasteiger partial charge on any atom is -0.271 e. The normalized spacial score (nSPS) is 15.3. The summed E-state index contributed by atoms with van der Waals surface area (Å²) in [5.74, 6) is -0.520. The van der Waals surface area contributed by atoms with Crippen LogP contribution in [0.1, 0.15) is 16.8 Å². The Labute approximate surface area is 104 Å². The Morgan fingerprint density at radius 2 is 1.94 bits per heavy atom. The first kappa shape index (κ1) is 11.2. The Bertz CT molecular complexity index is 606. The highest BCUT2D eigenvalue weighted by atomic mass is 19.1. The predicted molar refractivity (Wildman–Crippen MR) is 65.5 cm³/mol. The summed E-state index contributed by atoms with van der Waals surface area (Å²) < 4.78 is 13.7. The summed E-state index contributed by atoms with van der Waals surface area (Å²) in [6.07, 6.45) is 0.838. The summed E-state index contributed by atoms with van der Waals surface area (Å²) in [6.45, 7) is 1.15. The quantitative estimate of drug-likeness (QED) is 0.773. The number of hydrogen-bond acceptors (Lipinski definition) is 2. The number of carbonyl (C=O) groups is 1. The van der Waals surface area contributed by atoms with E-state index >= 15 is 0 Å². The molecule has 4 heteroatoms. The SMILES string of the molecule is O=C(c1ccc(F)c2ccccc12)N1CCCO1. The van der Waals surface area contributed by atoms with Crippen molar-refractivity contribution in [3.63, 3.8) is 0 Å². The van der Waals surface area contributed by atoms with E-state index in [0.717, 1.165) is 6.42 Å². The van der Waals surface area contributed by atoms with Crippen molar-refractivity contribution in [1.82, 2.24) is 5.06 Å². The number of benzene rings is 2. The Balaban J connectivity index is 2.11. The molecule has 3 rings (SSSR count). The number of amides is 1. The lowest BCUT2D eigenvalue weighted by Gasteiger charge is -2.15. The van der Waals surface area contributed by atoms with Crippen molar-refractivity contribution in [2.45, 2.75) is 6.42 Å². The summed E-state index contributed by atoms with van der Waals surface area (Å²) in [4.78, 5) is 17.5. The van der Waals surface area contributed by atoms with Gasteiger partial charge in [-0.05, 0) is 23.9 Å². The summed E-state index contributed by atoms with van der Waals surface area (Å²) in [5.41, 5.74) is 0.480. The molecule has 3 nitrogen and oxygen atoms in total. The number of hydroxylamine groups is 2. The lowest BCUT2D eigenvalue weighted by Crippen LogP contribution is -2.26. The van der Waals surface area contributed by atoms with Crippen LogP contribution in [0.2, 0.25) is 0 Å². The molecule has 0 spiro atoms. The van der Waals surface area contributed by atoms with E-state index in [2.05, 4.69) is 0 Å². The fourth-order valence-corrected chi connectivity index (χ4v) is 2.19. The molecule has 1 aliphatic rings. The zero-order chi connectivity index (χ0) is 12.5. The highest BCUT2D eigenvalue weighted by molar-refractivity contribution is 6.06. The highest BCUT2D eigenvalue weighted by Gasteiger charge is 2.22. The van der Waals surface area contributed by atoms with E-state index in [9.17, 15) is 9.18 Å². The molecule has 0 bridgehead atoms. The molecule has 1 fully saturated rings. The minimum absolute atomic E-state index is 0.205. The van der Waals surface area contributed by atoms with Crippen molar-refractivity contribution < 1.29 is 14.0 Å². The van der Waals surface area contributed by atoms with Gasteiger partial charge in [0.1, 0.15) is 5.82 Å². The molecule has 1 amide bonds. The standard InChI is InChI=1S/C14H12FNO2/c15-13-7-6-12(10-4-1-2-5-11(10)13)14(17)16-8-3-9-18-16/h1-2,4-7H,3,8-9H2. The Morgan fingerprint density at radius 1 is 1.17 bits per heavy atom. The van der Waals surface area contributed by atoms with E-state index < -0.39 is 0 Å². The number of halogens is 1. The van der Waals surface area contributed by atoms with Crippen molar-refractivity contribution in [2.24, 2.45) is 0 Å². The molecule has 2 aromatic rings. The van der Waals surface area contributed by atoms with E-state index in [1.165, 1.54) is 17.2 Å². The molecule has 1 heterocycles. The number of carbonyl (C=O) groups excluding carboxylic acids is 1. The minimum atomic E-state index is -0.315. The fraction of sp³-hybridized carbons (Fsp3) is 0.214. The van der Waals surface area contributed by atoms with Crippen LogP contribution in [0.3, 0.4) is 0 Å². The largest absolute Gasteiger partial charge is 0.278 e. The molecule has 0 N–H and O–H groups in total. The van der Waals surface area contributed by atoms with Crippen LogP contribution in [-0.4, -0.2) is 24.1 Å². The first-order chi connectivity index (χ1) is 8.77. The Morgan fingerprint density at radius 3 is 2.67 bits per heavy atom. The maximum absolute atomic E-state index is 13.7. The van der Waals surface area contributed by atoms with Gasteiger partial charge < -0.3 is 0 Å². The number of rotatable bonds is 1. The number of nitrogens with zero attached hydrogens (tertiary/aromatic N) is 1. The zero-order valence-corrected chi connectivity index (χ0v) is 9.73. The topological polar surface area (TPSA) is 29.5 Å². The van der Waals surface area contributed by atoms with Gasteiger partial charge in [-0.1, -0.05) is 24.3 Å². The molecule has 0 radical (unpaired) electrons. The Hall–Kier alpha value is -1.94. The molecule has 0 atom stereocenters. The van der Waals surface area contributed by atoms with Crippen molar-refractivity contribution in [3.05, 3.63) is 47.8 Å². The lowest BCUT2D eigenvalue weighted by atomic mass is 10.0. The molecule has 1 saturated heterocycles. The van der Waals surface area contributed by atoms with Crippen LogP contribution in [-0.2, 0) is 4.84 Å². The smallest absolute Gasteiger partial charge is 0.271 e. The second-order valence-electron chi connectivity index (χ2n) is 4.23. The van der Waals surface area contributed by atoms with E-state index in [1.54, 1.807) is 24.3 Å². The molecule has 18 heavy (non-hydrogen) atoms. The number of fused-ring (bicyclic) bond motifs is 1. The summed E-state index contributed by atoms with van der Waals surface area (Å²) in [7, 11) is 0. The monoisotopic (exact) mass is 245 g/mol. The average Bonchev–Trinajstić information content (AvgIpc) is 2.93. The predicted octanol–water partition coefficient (Wildman–Crippen LogP) is 2.76. The van der Waals surface area contributed by atoms with E-state index in [-0.39, 0.29) is 11.7 Å². The maximum Gasteiger partial charge on any atom is 0.278 e. The molecular formula is C14H12FNO2. The first-order valence-corrected chi connectivity index (χ1v) is 5.89. The molecule has 0 aliphatic carbocycles. The van der Waals surface area contributed by atoms with Crippen LogP contribution >= 0.6 is 0 Å². The summed E-state index contributed by atoms with van der Waals surface area (Å²) in [6, 6.07) is 9.82. The third-order valence-electron chi connectivity index (χ3n) is 3.08. The van der Waals surface area contributed by atoms with Crippen molar-refractivity contribution in [1.29, 1.82) is 0 Å². The van der Waals surface area contributed by atoms with Crippen LogP contribution in [0.4, 0.5) is 4.39 Å². The van der Waals surface area contributed by atoms with Gasteiger partial charge in [0, 0.05) is 10.9 Å². The van der Waals surface area contributed by atoms with Gasteiger partial charge in [0.25, 0.3) is 5.91 Å². The van der Waals surface area contributed by atoms with Crippen LogP contribution < -0.4 is 0 Å². The zero-order valence-electron chi connectivity index (χ0n) is 9.73. The molecule has 0 saturated carbocycles. The molecular weight excluding hydrogens is 233 g/mol. The maximum atomic E-state index is 13.7. The molecule has 1 aliphatic heterocycles. The third-order valence-corrected chi connectivity index (χ3v) is 3.08.